The van der Waals surface area contributed by atoms with Crippen molar-refractivity contribution in [2.24, 2.45) is 5.41 Å². The lowest BCUT2D eigenvalue weighted by Crippen LogP contribution is -2.59. The number of halogens is 3. The van der Waals surface area contributed by atoms with E-state index in [0.717, 1.165) is 29.0 Å². The summed E-state index contributed by atoms with van der Waals surface area (Å²) in [5.41, 5.74) is 1.01. The van der Waals surface area contributed by atoms with Crippen LogP contribution >= 0.6 is 11.3 Å². The zero-order valence-electron chi connectivity index (χ0n) is 49.5. The first-order chi connectivity index (χ1) is 42.1. The molecule has 5 aliphatic heterocycles. The number of aliphatic hydroxyl groups is 1. The van der Waals surface area contributed by atoms with Gasteiger partial charge in [0.05, 0.1) is 52.1 Å². The average Bonchev–Trinajstić information content (AvgIpc) is 1.14. The fourth-order valence-electron chi connectivity index (χ4n) is 13.0. The molecule has 0 spiro atoms. The number of rotatable bonds is 15. The summed E-state index contributed by atoms with van der Waals surface area (Å²) in [7, 11) is 0. The van der Waals surface area contributed by atoms with Crippen LogP contribution in [0.3, 0.4) is 0 Å². The number of terminal acetylenes is 1. The van der Waals surface area contributed by atoms with E-state index in [2.05, 4.69) is 41.7 Å². The summed E-state index contributed by atoms with van der Waals surface area (Å²) in [4.78, 5) is 98.1. The first-order valence-electron chi connectivity index (χ1n) is 30.1. The number of hydrogen-bond acceptors (Lipinski definition) is 16. The largest absolute Gasteiger partial charge is 0.508 e. The van der Waals surface area contributed by atoms with E-state index < -0.39 is 64.7 Å². The number of aliphatic hydroxyl groups excluding tert-OH is 1. The van der Waals surface area contributed by atoms with Crippen LogP contribution < -0.4 is 25.6 Å². The topological polar surface area (TPSA) is 239 Å². The van der Waals surface area contributed by atoms with Gasteiger partial charge in [0.1, 0.15) is 46.8 Å². The molecule has 20 nitrogen and oxygen atoms in total. The van der Waals surface area contributed by atoms with Gasteiger partial charge in [-0.2, -0.15) is 9.97 Å². The number of likely N-dealkylation sites (tertiary alicyclic amines) is 2. The second-order valence-corrected chi connectivity index (χ2v) is 26.2. The Labute approximate surface area is 511 Å². The molecule has 2 bridgehead atoms. The molecule has 6 aromatic rings. The number of aromatic nitrogens is 4. The van der Waals surface area contributed by atoms with Crippen molar-refractivity contribution in [3.05, 3.63) is 88.7 Å². The standard InChI is InChI=1S/C64H71F3N12O8S/c1-6-44-47(65)14-11-38-25-41(80)26-45(52(38)44)54-53(66)55-46(29-68-54)58(78-30-39-12-13-40(31-78)70-39)74-62(72-55)87-43-15-19-75(20-16-43)33-51(83)77-23-21-76(22-24-77)50(82)28-48(36-7-9-37(10-8-36)56-35(2)69-34-88-56)71-59(84)49-27-42(81)32-79(49)60(85)57(63(3,4)5)73-61(86)64(67)17-18-64/h1,7-11,14,25-26,29,34,39-40,42-43,48-49,57,70,80-81H,12-13,15-24,27-28,30-33H2,2-5H3,(H,71,84)(H,73,86)/t39?,40?,42-,48+,49+,57-/m1/s1. The van der Waals surface area contributed by atoms with Crippen LogP contribution in [0.25, 0.3) is 43.4 Å². The average molecular weight is 1230 g/mol. The Morgan fingerprint density at radius 3 is 2.24 bits per heavy atom. The van der Waals surface area contributed by atoms with Gasteiger partial charge in [0.25, 0.3) is 5.91 Å². The van der Waals surface area contributed by atoms with Gasteiger partial charge in [-0.25, -0.2) is 18.2 Å². The number of nitrogens with one attached hydrogen (secondary N) is 3. The fourth-order valence-corrected chi connectivity index (χ4v) is 13.9. The predicted octanol–water partition coefficient (Wildman–Crippen LogP) is 5.94. The van der Waals surface area contributed by atoms with Crippen molar-refractivity contribution in [2.45, 2.75) is 127 Å². The molecule has 2 unspecified atom stereocenters. The normalized spacial score (nSPS) is 21.9. The molecule has 12 rings (SSSR count). The van der Waals surface area contributed by atoms with Gasteiger partial charge >= 0.3 is 6.01 Å². The van der Waals surface area contributed by atoms with Gasteiger partial charge in [-0.15, -0.1) is 17.8 Å². The number of thiazole rings is 1. The summed E-state index contributed by atoms with van der Waals surface area (Å²) in [6.07, 6.45) is 8.73. The number of nitrogens with zero attached hydrogens (tertiary/aromatic N) is 9. The molecule has 1 aliphatic carbocycles. The Morgan fingerprint density at radius 1 is 0.898 bits per heavy atom. The molecular weight excluding hydrogens is 1150 g/mol. The summed E-state index contributed by atoms with van der Waals surface area (Å²) in [5, 5.41) is 31.9. The number of piperazine rings is 2. The van der Waals surface area contributed by atoms with Gasteiger partial charge in [0.15, 0.2) is 11.5 Å². The van der Waals surface area contributed by atoms with Gasteiger partial charge in [0.2, 0.25) is 23.6 Å². The lowest BCUT2D eigenvalue weighted by molar-refractivity contribution is -0.145. The monoisotopic (exact) mass is 1220 g/mol. The van der Waals surface area contributed by atoms with Gasteiger partial charge in [0, 0.05) is 94.6 Å². The lowest BCUT2D eigenvalue weighted by atomic mass is 9.85. The number of β-amino-alcohol motifs (C(OH)–C–C–N with tert-alkyl or cyclic N) is 1. The fraction of sp³-hybridized carbons (Fsp3) is 0.484. The molecule has 88 heavy (non-hydrogen) atoms. The molecule has 3 aromatic carbocycles. The van der Waals surface area contributed by atoms with E-state index >= 15 is 8.78 Å². The highest BCUT2D eigenvalue weighted by Crippen LogP contribution is 2.42. The quantitative estimate of drug-likeness (QED) is 0.0749. The first kappa shape index (κ1) is 60.3. The first-order valence-corrected chi connectivity index (χ1v) is 31.0. The van der Waals surface area contributed by atoms with Crippen LogP contribution in [0.4, 0.5) is 19.0 Å². The minimum absolute atomic E-state index is 0.0246. The van der Waals surface area contributed by atoms with E-state index in [1.807, 2.05) is 36.1 Å². The van der Waals surface area contributed by atoms with Gasteiger partial charge in [-0.3, -0.25) is 33.9 Å². The van der Waals surface area contributed by atoms with E-state index in [1.165, 1.54) is 46.7 Å². The molecule has 462 valence electrons. The van der Waals surface area contributed by atoms with Crippen LogP contribution in [0.1, 0.15) is 95.0 Å². The highest BCUT2D eigenvalue weighted by molar-refractivity contribution is 7.13. The minimum Gasteiger partial charge on any atom is -0.508 e. The number of anilines is 1. The number of piperidine rings is 1. The van der Waals surface area contributed by atoms with Crippen molar-refractivity contribution in [3.63, 3.8) is 0 Å². The number of fused-ring (bicyclic) bond motifs is 4. The number of benzene rings is 3. The van der Waals surface area contributed by atoms with E-state index in [0.29, 0.717) is 61.2 Å². The summed E-state index contributed by atoms with van der Waals surface area (Å²) < 4.78 is 53.7. The number of alkyl halides is 1. The zero-order chi connectivity index (χ0) is 61.9. The molecule has 24 heteroatoms. The van der Waals surface area contributed by atoms with Crippen molar-refractivity contribution < 1.29 is 52.1 Å². The molecule has 6 aliphatic rings. The predicted molar refractivity (Wildman–Crippen MR) is 324 cm³/mol. The third-order valence-corrected chi connectivity index (χ3v) is 19.1. The second kappa shape index (κ2) is 24.2. The number of amides is 5. The maximum Gasteiger partial charge on any atom is 0.319 e. The Bertz CT molecular complexity index is 3750. The molecule has 3 aromatic heterocycles. The molecule has 5 N–H and O–H groups in total. The highest BCUT2D eigenvalue weighted by atomic mass is 32.1. The zero-order valence-corrected chi connectivity index (χ0v) is 50.3. The smallest absolute Gasteiger partial charge is 0.319 e. The number of carbonyl (C=O) groups is 5. The SMILES string of the molecule is C#Cc1c(F)ccc2cc(O)cc(-c3ncc4c(N5CC6CCC(C5)N6)nc(OC5CCN(CC(=O)N6CCN(C(=O)C[C@H](NC(=O)[C@@H]7C[C@@H](O)CN7C(=O)[C@@H](NC(=O)C7(F)CC7)C(C)(C)C)c7ccc(-c8scnc8C)cc7)CC6)CC5)nc4c3F)c12. The number of aromatic hydroxyl groups is 1. The summed E-state index contributed by atoms with van der Waals surface area (Å²) in [5.74, 6) is -1.28. The van der Waals surface area contributed by atoms with Crippen molar-refractivity contribution in [2.75, 3.05) is 70.3 Å². The molecular formula is C64H71F3N12O8S. The lowest BCUT2D eigenvalue weighted by Gasteiger charge is -2.38. The Hall–Kier alpha value is -7.98. The molecule has 1 saturated carbocycles. The number of phenolic OH excluding ortho intramolecular Hbond substituents is 1. The summed E-state index contributed by atoms with van der Waals surface area (Å²) in [6.45, 7) is 10.4. The number of aryl methyl sites for hydroxylation is 1. The van der Waals surface area contributed by atoms with Crippen molar-refractivity contribution in [1.29, 1.82) is 0 Å². The van der Waals surface area contributed by atoms with E-state index in [4.69, 9.17) is 16.1 Å². The van der Waals surface area contributed by atoms with Crippen LogP contribution in [0.2, 0.25) is 0 Å². The van der Waals surface area contributed by atoms with Crippen molar-refractivity contribution >= 4 is 68.4 Å². The van der Waals surface area contributed by atoms with E-state index in [1.54, 1.807) is 36.1 Å². The van der Waals surface area contributed by atoms with Gasteiger partial charge in [-0.1, -0.05) is 57.0 Å². The number of phenols is 1. The summed E-state index contributed by atoms with van der Waals surface area (Å²) >= 11 is 1.49. The number of hydrogen-bond donors (Lipinski definition) is 5. The Balaban J connectivity index is 0.692. The van der Waals surface area contributed by atoms with Crippen molar-refractivity contribution in [1.82, 2.24) is 55.5 Å². The Morgan fingerprint density at radius 2 is 1.59 bits per heavy atom. The Kier molecular flexibility index (Phi) is 16.6. The number of carbonyl (C=O) groups excluding carboxylic acids is 5. The van der Waals surface area contributed by atoms with E-state index in [-0.39, 0.29) is 134 Å². The number of pyridine rings is 1. The molecule has 0 radical (unpaired) electrons. The third kappa shape index (κ3) is 12.3. The highest BCUT2D eigenvalue weighted by Gasteiger charge is 2.53. The van der Waals surface area contributed by atoms with Crippen LogP contribution in [-0.2, 0) is 24.0 Å². The van der Waals surface area contributed by atoms with Crippen molar-refractivity contribution in [3.8, 4) is 45.8 Å². The van der Waals surface area contributed by atoms with Gasteiger partial charge < -0.3 is 50.5 Å². The van der Waals surface area contributed by atoms with E-state index in [9.17, 15) is 38.6 Å². The van der Waals surface area contributed by atoms with Crippen LogP contribution in [0.15, 0.2) is 60.2 Å². The maximum absolute atomic E-state index is 17.2. The summed E-state index contributed by atoms with van der Waals surface area (Å²) in [6, 6.07) is 10.1. The van der Waals surface area contributed by atoms with Crippen LogP contribution in [0, 0.1) is 36.3 Å². The van der Waals surface area contributed by atoms with Crippen LogP contribution in [0.5, 0.6) is 11.8 Å². The third-order valence-electron chi connectivity index (χ3n) is 18.1. The molecule has 5 saturated heterocycles. The second-order valence-electron chi connectivity index (χ2n) is 25.4. The molecule has 6 fully saturated rings. The number of ether oxygens (including phenoxy) is 1. The van der Waals surface area contributed by atoms with Crippen LogP contribution in [-0.4, -0.2) is 187 Å². The molecule has 6 atom stereocenters. The maximum atomic E-state index is 17.2. The minimum atomic E-state index is -2.04. The molecule has 8 heterocycles. The molecule has 5 amide bonds. The van der Waals surface area contributed by atoms with Gasteiger partial charge in [-0.05, 0) is 85.6 Å².